The average Bonchev–Trinajstić information content (AvgIpc) is 3.16. The van der Waals surface area contributed by atoms with Crippen LogP contribution in [0.15, 0.2) is 59.6 Å². The van der Waals surface area contributed by atoms with Crippen LogP contribution in [0.25, 0.3) is 0 Å². The van der Waals surface area contributed by atoms with Crippen molar-refractivity contribution in [3.05, 3.63) is 71.5 Å². The van der Waals surface area contributed by atoms with E-state index in [1.165, 1.54) is 17.7 Å². The van der Waals surface area contributed by atoms with E-state index in [9.17, 15) is 9.50 Å². The van der Waals surface area contributed by atoms with E-state index in [0.29, 0.717) is 11.5 Å². The van der Waals surface area contributed by atoms with Gasteiger partial charge in [0.25, 0.3) is 0 Å². The molecule has 3 rings (SSSR count). The molecule has 0 radical (unpaired) electrons. The summed E-state index contributed by atoms with van der Waals surface area (Å²) in [6.07, 6.45) is 0.353. The lowest BCUT2D eigenvalue weighted by atomic mass is 9.99. The van der Waals surface area contributed by atoms with Gasteiger partial charge in [0.15, 0.2) is 5.96 Å². The zero-order valence-corrected chi connectivity index (χ0v) is 15.1. The summed E-state index contributed by atoms with van der Waals surface area (Å²) in [4.78, 5) is 6.86. The molecule has 1 heterocycles. The normalized spacial score (nSPS) is 18.8. The molecule has 26 heavy (non-hydrogen) atoms. The Hall–Kier alpha value is -2.40. The van der Waals surface area contributed by atoms with Crippen molar-refractivity contribution < 1.29 is 9.50 Å². The van der Waals surface area contributed by atoms with Crippen LogP contribution in [0.3, 0.4) is 0 Å². The highest BCUT2D eigenvalue weighted by Crippen LogP contribution is 2.27. The number of nitrogens with zero attached hydrogens (tertiary/aromatic N) is 2. The Bertz CT molecular complexity index is 718. The summed E-state index contributed by atoms with van der Waals surface area (Å²) in [5, 5.41) is 13.6. The minimum Gasteiger partial charge on any atom is -0.386 e. The maximum Gasteiger partial charge on any atom is 0.194 e. The maximum absolute atomic E-state index is 13.0. The molecule has 1 fully saturated rings. The van der Waals surface area contributed by atoms with Crippen LogP contribution in [0.5, 0.6) is 0 Å². The molecule has 138 valence electrons. The quantitative estimate of drug-likeness (QED) is 0.639. The lowest BCUT2D eigenvalue weighted by Gasteiger charge is -2.22. The fourth-order valence-electron chi connectivity index (χ4n) is 3.34. The minimum atomic E-state index is -0.739. The van der Waals surface area contributed by atoms with E-state index in [1.54, 1.807) is 12.1 Å². The fraction of sp³-hybridized carbons (Fsp3) is 0.381. The Labute approximate surface area is 154 Å². The number of aliphatic hydroxyl groups excluding tert-OH is 1. The van der Waals surface area contributed by atoms with Crippen molar-refractivity contribution in [3.63, 3.8) is 0 Å². The molecule has 1 aliphatic heterocycles. The Kier molecular flexibility index (Phi) is 6.23. The van der Waals surface area contributed by atoms with Gasteiger partial charge in [-0.1, -0.05) is 42.5 Å². The number of likely N-dealkylation sites (tertiary alicyclic amines) is 1. The minimum absolute atomic E-state index is 0.250. The first-order valence-corrected chi connectivity index (χ1v) is 9.19. The summed E-state index contributed by atoms with van der Waals surface area (Å²) in [7, 11) is 0. The molecule has 1 saturated heterocycles. The molecule has 2 N–H and O–H groups in total. The highest BCUT2D eigenvalue weighted by atomic mass is 19.1. The van der Waals surface area contributed by atoms with Crippen LogP contribution in [0, 0.1) is 5.82 Å². The van der Waals surface area contributed by atoms with Gasteiger partial charge in [-0.15, -0.1) is 0 Å². The summed E-state index contributed by atoms with van der Waals surface area (Å²) < 4.78 is 13.0. The van der Waals surface area contributed by atoms with Gasteiger partial charge in [-0.2, -0.15) is 0 Å². The molecule has 0 aromatic heterocycles. The van der Waals surface area contributed by atoms with Crippen molar-refractivity contribution in [2.24, 2.45) is 4.99 Å². The van der Waals surface area contributed by atoms with Crippen LogP contribution in [0.4, 0.5) is 4.39 Å². The first-order chi connectivity index (χ1) is 12.7. The second-order valence-electron chi connectivity index (χ2n) is 6.60. The first kappa shape index (κ1) is 18.4. The first-order valence-electron chi connectivity index (χ1n) is 9.19. The summed E-state index contributed by atoms with van der Waals surface area (Å²) in [5.74, 6) is 1.02. The monoisotopic (exact) mass is 355 g/mol. The third-order valence-corrected chi connectivity index (χ3v) is 4.76. The smallest absolute Gasteiger partial charge is 0.194 e. The molecule has 4 nitrogen and oxygen atoms in total. The van der Waals surface area contributed by atoms with Crippen LogP contribution in [-0.2, 0) is 0 Å². The lowest BCUT2D eigenvalue weighted by molar-refractivity contribution is 0.186. The van der Waals surface area contributed by atoms with Gasteiger partial charge in [0, 0.05) is 25.6 Å². The van der Waals surface area contributed by atoms with E-state index in [-0.39, 0.29) is 12.4 Å². The molecule has 2 unspecified atom stereocenters. The SMILES string of the molecule is CCNC(=NCC(O)c1ccc(F)cc1)N1CCC(c2ccccc2)C1. The van der Waals surface area contributed by atoms with Crippen LogP contribution < -0.4 is 5.32 Å². The fourth-order valence-corrected chi connectivity index (χ4v) is 3.34. The molecule has 5 heteroatoms. The third-order valence-electron chi connectivity index (χ3n) is 4.76. The van der Waals surface area contributed by atoms with Gasteiger partial charge < -0.3 is 15.3 Å². The standard InChI is InChI=1S/C21H26FN3O/c1-2-23-21(24-14-20(26)17-8-10-19(22)11-9-17)25-13-12-18(15-25)16-6-4-3-5-7-16/h3-11,18,20,26H,2,12-15H2,1H3,(H,23,24). The van der Waals surface area contributed by atoms with Crippen molar-refractivity contribution in [1.29, 1.82) is 0 Å². The molecule has 1 aliphatic rings. The second kappa shape index (κ2) is 8.81. The number of aliphatic hydroxyl groups is 1. The highest BCUT2D eigenvalue weighted by molar-refractivity contribution is 5.80. The van der Waals surface area contributed by atoms with Gasteiger partial charge in [-0.3, -0.25) is 4.99 Å². The molecule has 2 aromatic rings. The Morgan fingerprint density at radius 2 is 1.96 bits per heavy atom. The molecule has 0 spiro atoms. The topological polar surface area (TPSA) is 47.9 Å². The van der Waals surface area contributed by atoms with Crippen LogP contribution in [-0.4, -0.2) is 42.1 Å². The van der Waals surface area contributed by atoms with Gasteiger partial charge in [-0.05, 0) is 36.6 Å². The van der Waals surface area contributed by atoms with Gasteiger partial charge >= 0.3 is 0 Å². The van der Waals surface area contributed by atoms with E-state index in [1.807, 2.05) is 13.0 Å². The summed E-state index contributed by atoms with van der Waals surface area (Å²) in [5.41, 5.74) is 2.03. The largest absolute Gasteiger partial charge is 0.386 e. The number of hydrogen-bond donors (Lipinski definition) is 2. The summed E-state index contributed by atoms with van der Waals surface area (Å²) >= 11 is 0. The van der Waals surface area contributed by atoms with Gasteiger partial charge in [0.2, 0.25) is 0 Å². The molecule has 2 aromatic carbocycles. The highest BCUT2D eigenvalue weighted by Gasteiger charge is 2.26. The molecule has 0 saturated carbocycles. The Morgan fingerprint density at radius 3 is 2.65 bits per heavy atom. The van der Waals surface area contributed by atoms with Crippen molar-refractivity contribution in [1.82, 2.24) is 10.2 Å². The van der Waals surface area contributed by atoms with Crippen LogP contribution in [0.2, 0.25) is 0 Å². The molecular weight excluding hydrogens is 329 g/mol. The third kappa shape index (κ3) is 4.61. The Morgan fingerprint density at radius 1 is 1.23 bits per heavy atom. The van der Waals surface area contributed by atoms with E-state index in [0.717, 1.165) is 32.0 Å². The van der Waals surface area contributed by atoms with Crippen molar-refractivity contribution >= 4 is 5.96 Å². The predicted octanol–water partition coefficient (Wildman–Crippen LogP) is 3.31. The summed E-state index contributed by atoms with van der Waals surface area (Å²) in [6.45, 7) is 4.93. The molecule has 0 amide bonds. The van der Waals surface area contributed by atoms with Crippen molar-refractivity contribution in [2.75, 3.05) is 26.2 Å². The maximum atomic E-state index is 13.0. The number of aliphatic imine (C=N–C) groups is 1. The van der Waals surface area contributed by atoms with E-state index in [2.05, 4.69) is 39.5 Å². The number of rotatable bonds is 5. The van der Waals surface area contributed by atoms with Crippen LogP contribution in [0.1, 0.15) is 36.5 Å². The van der Waals surface area contributed by atoms with E-state index in [4.69, 9.17) is 0 Å². The van der Waals surface area contributed by atoms with E-state index >= 15 is 0 Å². The average molecular weight is 355 g/mol. The zero-order chi connectivity index (χ0) is 18.4. The zero-order valence-electron chi connectivity index (χ0n) is 15.1. The predicted molar refractivity (Wildman–Crippen MR) is 103 cm³/mol. The summed E-state index contributed by atoms with van der Waals surface area (Å²) in [6, 6.07) is 16.5. The van der Waals surface area contributed by atoms with Gasteiger partial charge in [0.1, 0.15) is 5.82 Å². The number of guanidine groups is 1. The molecular formula is C21H26FN3O. The van der Waals surface area contributed by atoms with Crippen molar-refractivity contribution in [2.45, 2.75) is 25.4 Å². The molecule has 0 bridgehead atoms. The number of benzene rings is 2. The Balaban J connectivity index is 1.65. The number of hydrogen-bond acceptors (Lipinski definition) is 2. The van der Waals surface area contributed by atoms with E-state index < -0.39 is 6.10 Å². The van der Waals surface area contributed by atoms with Crippen molar-refractivity contribution in [3.8, 4) is 0 Å². The van der Waals surface area contributed by atoms with Gasteiger partial charge in [-0.25, -0.2) is 4.39 Å². The second-order valence-corrected chi connectivity index (χ2v) is 6.60. The molecule has 2 atom stereocenters. The lowest BCUT2D eigenvalue weighted by Crippen LogP contribution is -2.40. The number of nitrogens with one attached hydrogen (secondary N) is 1. The van der Waals surface area contributed by atoms with Crippen LogP contribution >= 0.6 is 0 Å². The van der Waals surface area contributed by atoms with Gasteiger partial charge in [0.05, 0.1) is 12.6 Å². The molecule has 0 aliphatic carbocycles. The number of halogens is 1.